The minimum absolute atomic E-state index is 0.181. The number of rotatable bonds is 9. The van der Waals surface area contributed by atoms with Crippen LogP contribution in [-0.4, -0.2) is 32.9 Å². The van der Waals surface area contributed by atoms with E-state index < -0.39 is 13.2 Å². The predicted molar refractivity (Wildman–Crippen MR) is 215 cm³/mol. The van der Waals surface area contributed by atoms with Crippen molar-refractivity contribution in [2.45, 2.75) is 231 Å². The Balaban J connectivity index is 1.60. The first-order chi connectivity index (χ1) is 23.0. The van der Waals surface area contributed by atoms with Crippen LogP contribution in [0.3, 0.4) is 0 Å². The summed E-state index contributed by atoms with van der Waals surface area (Å²) >= 11 is 18.9. The zero-order valence-electron chi connectivity index (χ0n) is 30.2. The van der Waals surface area contributed by atoms with E-state index >= 15 is 0 Å². The number of benzene rings is 1. The molecule has 0 N–H and O–H groups in total. The summed E-state index contributed by atoms with van der Waals surface area (Å²) in [6.45, 7) is 0. The van der Waals surface area contributed by atoms with Gasteiger partial charge in [0.2, 0.25) is 0 Å². The monoisotopic (exact) mass is 719 g/mol. The molecule has 6 aliphatic carbocycles. The Bertz CT molecular complexity index is 1040. The Morgan fingerprint density at radius 3 is 1.21 bits per heavy atom. The molecule has 1 atom stereocenters. The third kappa shape index (κ3) is 6.19. The van der Waals surface area contributed by atoms with E-state index in [1.165, 1.54) is 193 Å². The Hall–Kier alpha value is 0.660. The van der Waals surface area contributed by atoms with Gasteiger partial charge in [-0.05, 0) is 0 Å². The summed E-state index contributed by atoms with van der Waals surface area (Å²) in [5.74, 6) is -3.25. The summed E-state index contributed by atoms with van der Waals surface area (Å²) in [7, 11) is -1.64. The third-order valence-corrected chi connectivity index (χ3v) is 37.7. The van der Waals surface area contributed by atoms with E-state index in [0.29, 0.717) is 16.7 Å². The molecule has 6 fully saturated rings. The summed E-state index contributed by atoms with van der Waals surface area (Å²) in [5.41, 5.74) is 5.89. The van der Waals surface area contributed by atoms with Crippen molar-refractivity contribution in [3.8, 4) is 0 Å². The van der Waals surface area contributed by atoms with Gasteiger partial charge in [-0.2, -0.15) is 0 Å². The topological polar surface area (TPSA) is 0 Å². The molecule has 0 saturated heterocycles. The average Bonchev–Trinajstić information content (AvgIpc) is 3.16. The van der Waals surface area contributed by atoms with Gasteiger partial charge in [0.15, 0.2) is 0 Å². The Morgan fingerprint density at radius 2 is 0.830 bits per heavy atom. The van der Waals surface area contributed by atoms with Crippen molar-refractivity contribution in [2.24, 2.45) is 0 Å². The fraction of sp³-hybridized carbons (Fsp3) is 0.860. The second kappa shape index (κ2) is 15.7. The first-order valence-corrected chi connectivity index (χ1v) is 27.2. The summed E-state index contributed by atoms with van der Waals surface area (Å²) in [4.78, 5) is 0. The molecule has 1 aromatic rings. The number of halogens is 2. The molecule has 0 spiro atoms. The van der Waals surface area contributed by atoms with Gasteiger partial charge >= 0.3 is 303 Å². The molecule has 1 aromatic carbocycles. The van der Waals surface area contributed by atoms with Crippen molar-refractivity contribution in [1.82, 2.24) is 0 Å². The van der Waals surface area contributed by atoms with Crippen molar-refractivity contribution in [1.29, 1.82) is 0 Å². The molecule has 0 radical (unpaired) electrons. The maximum atomic E-state index is 9.94. The molecule has 0 nitrogen and oxygen atoms in total. The van der Waals surface area contributed by atoms with Crippen molar-refractivity contribution in [2.75, 3.05) is 0 Å². The van der Waals surface area contributed by atoms with Crippen LogP contribution in [0.2, 0.25) is 0 Å². The molecule has 6 saturated carbocycles. The van der Waals surface area contributed by atoms with Gasteiger partial charge in [0.05, 0.1) is 0 Å². The van der Waals surface area contributed by atoms with Crippen LogP contribution in [0.25, 0.3) is 0 Å². The Kier molecular flexibility index (Phi) is 12.1. The van der Waals surface area contributed by atoms with Crippen LogP contribution < -0.4 is 0 Å². The SMILES string of the molecule is ClC1(P(Cl)(C2CCCCC2)(C2CCCCC2)C(c2ccccc2)[P+](C2CCCCC2)(C2CCCCC2)C2CCCCC2)CCCCC1. The molecule has 0 bridgehead atoms. The van der Waals surface area contributed by atoms with Crippen molar-refractivity contribution < 1.29 is 0 Å². The summed E-state index contributed by atoms with van der Waals surface area (Å²) in [6.07, 6.45) is 42.8. The number of hydrogen-bond acceptors (Lipinski definition) is 0. The van der Waals surface area contributed by atoms with Gasteiger partial charge < -0.3 is 0 Å². The van der Waals surface area contributed by atoms with Crippen LogP contribution in [0.1, 0.15) is 204 Å². The van der Waals surface area contributed by atoms with Crippen LogP contribution in [-0.2, 0) is 0 Å². The zero-order chi connectivity index (χ0) is 32.2. The van der Waals surface area contributed by atoms with Gasteiger partial charge in [-0.1, -0.05) is 0 Å². The van der Waals surface area contributed by atoms with Gasteiger partial charge in [0.25, 0.3) is 0 Å². The second-order valence-electron chi connectivity index (χ2n) is 17.8. The van der Waals surface area contributed by atoms with E-state index in [1.54, 1.807) is 5.56 Å². The molecule has 1 unspecified atom stereocenters. The van der Waals surface area contributed by atoms with Gasteiger partial charge in [0, 0.05) is 0 Å². The van der Waals surface area contributed by atoms with Crippen LogP contribution in [0.4, 0.5) is 0 Å². The summed E-state index contributed by atoms with van der Waals surface area (Å²) < 4.78 is -0.181. The van der Waals surface area contributed by atoms with Crippen molar-refractivity contribution in [3.63, 3.8) is 0 Å². The third-order valence-electron chi connectivity index (χ3n) is 15.7. The molecule has 0 aromatic heterocycles. The molecule has 7 rings (SSSR count). The van der Waals surface area contributed by atoms with E-state index in [0.717, 1.165) is 17.0 Å². The Labute approximate surface area is 301 Å². The average molecular weight is 721 g/mol. The van der Waals surface area contributed by atoms with Crippen molar-refractivity contribution in [3.05, 3.63) is 35.9 Å². The number of alkyl halides is 1. The molecular formula is C43H71Cl2P2+. The van der Waals surface area contributed by atoms with Crippen LogP contribution in [0, 0.1) is 0 Å². The minimum atomic E-state index is -3.25. The fourth-order valence-electron chi connectivity index (χ4n) is 14.0. The van der Waals surface area contributed by atoms with E-state index in [1.807, 2.05) is 0 Å². The van der Waals surface area contributed by atoms with Gasteiger partial charge in [0.1, 0.15) is 0 Å². The molecule has 47 heavy (non-hydrogen) atoms. The molecular weight excluding hydrogens is 649 g/mol. The molecule has 0 aliphatic heterocycles. The molecule has 4 heteroatoms. The molecule has 266 valence electrons. The summed E-state index contributed by atoms with van der Waals surface area (Å²) in [6, 6.07) is 12.6. The number of hydrogen-bond donors (Lipinski definition) is 0. The van der Waals surface area contributed by atoms with E-state index in [2.05, 4.69) is 30.3 Å². The first kappa shape index (κ1) is 36.0. The van der Waals surface area contributed by atoms with E-state index in [4.69, 9.17) is 11.6 Å². The fourth-order valence-corrected chi connectivity index (χ4v) is 41.2. The quantitative estimate of drug-likeness (QED) is 0.176. The van der Waals surface area contributed by atoms with Gasteiger partial charge in [-0.25, -0.2) is 0 Å². The summed E-state index contributed by atoms with van der Waals surface area (Å²) in [5, 5.41) is 0.590. The predicted octanol–water partition coefficient (Wildman–Crippen LogP) is 16.0. The van der Waals surface area contributed by atoms with E-state index in [-0.39, 0.29) is 4.62 Å². The van der Waals surface area contributed by atoms with Gasteiger partial charge in [-0.15, -0.1) is 0 Å². The maximum absolute atomic E-state index is 9.94. The van der Waals surface area contributed by atoms with E-state index in [9.17, 15) is 11.2 Å². The zero-order valence-corrected chi connectivity index (χ0v) is 33.5. The molecule has 6 aliphatic rings. The van der Waals surface area contributed by atoms with Crippen LogP contribution in [0.5, 0.6) is 0 Å². The van der Waals surface area contributed by atoms with Crippen LogP contribution >= 0.6 is 36.1 Å². The van der Waals surface area contributed by atoms with Gasteiger partial charge in [-0.3, -0.25) is 0 Å². The van der Waals surface area contributed by atoms with Crippen molar-refractivity contribution >= 4 is 36.1 Å². The molecule has 0 amide bonds. The van der Waals surface area contributed by atoms with Crippen LogP contribution in [0.15, 0.2) is 30.3 Å². The molecule has 0 heterocycles. The second-order valence-corrected chi connectivity index (χ2v) is 31.2. The normalized spacial score (nSPS) is 28.8. The standard InChI is InChI=1S/C43H71Cl2P2/c44-43(34-20-7-21-35-43)47(45,40-30-16-5-17-31-40,41-32-18-6-19-33-41)42(36-22-8-1-9-23-36)46(37-24-10-2-11-25-37,38-26-12-3-13-27-38)39-28-14-4-15-29-39/h1,8-9,22-23,37-42H,2-7,10-21,24-35H2/q+1. The first-order valence-electron chi connectivity index (χ1n) is 21.4. The Morgan fingerprint density at radius 1 is 0.489 bits per heavy atom.